The molecule has 1 aliphatic heterocycles. The van der Waals surface area contributed by atoms with E-state index in [9.17, 15) is 4.79 Å². The van der Waals surface area contributed by atoms with Gasteiger partial charge in [-0.15, -0.1) is 0 Å². The molecule has 2 amide bonds. The lowest BCUT2D eigenvalue weighted by atomic mass is 9.91. The van der Waals surface area contributed by atoms with E-state index in [4.69, 9.17) is 15.2 Å². The molecule has 1 aliphatic carbocycles. The largest absolute Gasteiger partial charge is 0.489 e. The van der Waals surface area contributed by atoms with Crippen LogP contribution >= 0.6 is 0 Å². The lowest BCUT2D eigenvalue weighted by molar-refractivity contribution is 0.0387. The molecule has 6 rings (SSSR count). The van der Waals surface area contributed by atoms with E-state index in [1.165, 1.54) is 6.33 Å². The second kappa shape index (κ2) is 13.2. The molecule has 3 heterocycles. The minimum Gasteiger partial charge on any atom is -0.489 e. The second-order valence-electron chi connectivity index (χ2n) is 11.1. The van der Waals surface area contributed by atoms with Gasteiger partial charge < -0.3 is 30.4 Å². The van der Waals surface area contributed by atoms with Crippen molar-refractivity contribution in [1.29, 1.82) is 0 Å². The number of nitrogen functional groups attached to an aromatic ring is 1. The SMILES string of the molecule is Nc1ncnc2c1c(-c1cccc(OCc3ccccc3)c1)cn2C1CCC(NC(=O)NCCN2CCOCC2)CC1. The number of carbonyl (C=O) groups is 1. The maximum absolute atomic E-state index is 12.5. The fraction of sp³-hybridized carbons (Fsp3) is 0.406. The van der Waals surface area contributed by atoms with Gasteiger partial charge in [-0.3, -0.25) is 4.90 Å². The van der Waals surface area contributed by atoms with Gasteiger partial charge in [0.1, 0.15) is 30.1 Å². The summed E-state index contributed by atoms with van der Waals surface area (Å²) in [6.45, 7) is 5.36. The number of rotatable bonds is 9. The molecule has 42 heavy (non-hydrogen) atoms. The number of benzene rings is 2. The molecule has 220 valence electrons. The lowest BCUT2D eigenvalue weighted by Gasteiger charge is -2.30. The third-order valence-corrected chi connectivity index (χ3v) is 8.27. The van der Waals surface area contributed by atoms with Crippen molar-refractivity contribution >= 4 is 22.9 Å². The molecule has 0 atom stereocenters. The van der Waals surface area contributed by atoms with Crippen molar-refractivity contribution in [2.75, 3.05) is 45.1 Å². The fourth-order valence-corrected chi connectivity index (χ4v) is 5.99. The first kappa shape index (κ1) is 28.0. The van der Waals surface area contributed by atoms with E-state index in [1.54, 1.807) is 0 Å². The maximum Gasteiger partial charge on any atom is 0.315 e. The van der Waals surface area contributed by atoms with Crippen LogP contribution in [0.25, 0.3) is 22.2 Å². The average Bonchev–Trinajstić information content (AvgIpc) is 3.43. The summed E-state index contributed by atoms with van der Waals surface area (Å²) in [6.07, 6.45) is 7.37. The van der Waals surface area contributed by atoms with Crippen LogP contribution in [0.5, 0.6) is 5.75 Å². The van der Waals surface area contributed by atoms with Gasteiger partial charge in [-0.25, -0.2) is 14.8 Å². The summed E-state index contributed by atoms with van der Waals surface area (Å²) < 4.78 is 13.7. The number of nitrogens with two attached hydrogens (primary N) is 1. The molecular weight excluding hydrogens is 530 g/mol. The van der Waals surface area contributed by atoms with Gasteiger partial charge in [0, 0.05) is 50.0 Å². The summed E-state index contributed by atoms with van der Waals surface area (Å²) in [5.74, 6) is 1.26. The zero-order valence-electron chi connectivity index (χ0n) is 23.9. The fourth-order valence-electron chi connectivity index (χ4n) is 5.99. The third-order valence-electron chi connectivity index (χ3n) is 8.27. The minimum absolute atomic E-state index is 0.0877. The number of nitrogens with zero attached hydrogens (tertiary/aromatic N) is 4. The van der Waals surface area contributed by atoms with Gasteiger partial charge in [-0.1, -0.05) is 42.5 Å². The van der Waals surface area contributed by atoms with Crippen molar-refractivity contribution in [3.8, 4) is 16.9 Å². The Kier molecular flexibility index (Phi) is 8.81. The van der Waals surface area contributed by atoms with E-state index in [1.807, 2.05) is 36.4 Å². The number of anilines is 1. The van der Waals surface area contributed by atoms with Crippen LogP contribution in [-0.4, -0.2) is 70.9 Å². The van der Waals surface area contributed by atoms with Crippen molar-refractivity contribution < 1.29 is 14.3 Å². The Hall–Kier alpha value is -4.15. The first-order valence-electron chi connectivity index (χ1n) is 14.9. The van der Waals surface area contributed by atoms with Crippen molar-refractivity contribution in [1.82, 2.24) is 30.1 Å². The predicted octanol–water partition coefficient (Wildman–Crippen LogP) is 4.37. The quantitative estimate of drug-likeness (QED) is 0.274. The molecule has 2 aromatic heterocycles. The van der Waals surface area contributed by atoms with Crippen molar-refractivity contribution in [2.45, 2.75) is 44.4 Å². The average molecular weight is 570 g/mol. The molecule has 0 bridgehead atoms. The Labute approximate surface area is 246 Å². The Bertz CT molecular complexity index is 1480. The molecule has 2 aliphatic rings. The molecule has 10 nitrogen and oxygen atoms in total. The first-order chi connectivity index (χ1) is 20.6. The zero-order valence-corrected chi connectivity index (χ0v) is 23.9. The van der Waals surface area contributed by atoms with Crippen LogP contribution < -0.4 is 21.1 Å². The molecule has 10 heteroatoms. The van der Waals surface area contributed by atoms with Crippen LogP contribution in [0.4, 0.5) is 10.6 Å². The highest BCUT2D eigenvalue weighted by molar-refractivity contribution is 6.00. The predicted molar refractivity (Wildman–Crippen MR) is 163 cm³/mol. The van der Waals surface area contributed by atoms with Crippen molar-refractivity contribution in [2.24, 2.45) is 0 Å². The second-order valence-corrected chi connectivity index (χ2v) is 11.1. The molecule has 2 aromatic carbocycles. The smallest absolute Gasteiger partial charge is 0.315 e. The van der Waals surface area contributed by atoms with Crippen molar-refractivity contribution in [3.05, 3.63) is 72.7 Å². The van der Waals surface area contributed by atoms with E-state index in [0.29, 0.717) is 19.0 Å². The summed E-state index contributed by atoms with van der Waals surface area (Å²) >= 11 is 0. The molecule has 0 spiro atoms. The monoisotopic (exact) mass is 569 g/mol. The van der Waals surface area contributed by atoms with Crippen LogP contribution in [0.15, 0.2) is 67.1 Å². The number of fused-ring (bicyclic) bond motifs is 1. The molecule has 2 fully saturated rings. The Morgan fingerprint density at radius 2 is 1.83 bits per heavy atom. The third kappa shape index (κ3) is 6.66. The highest BCUT2D eigenvalue weighted by Gasteiger charge is 2.26. The van der Waals surface area contributed by atoms with Crippen LogP contribution in [0.3, 0.4) is 0 Å². The first-order valence-corrected chi connectivity index (χ1v) is 14.9. The van der Waals surface area contributed by atoms with Crippen LogP contribution in [0.1, 0.15) is 37.3 Å². The van der Waals surface area contributed by atoms with Crippen LogP contribution in [0.2, 0.25) is 0 Å². The number of nitrogens with one attached hydrogen (secondary N) is 2. The van der Waals surface area contributed by atoms with Crippen molar-refractivity contribution in [3.63, 3.8) is 0 Å². The van der Waals surface area contributed by atoms with E-state index < -0.39 is 0 Å². The van der Waals surface area contributed by atoms with Gasteiger partial charge in [0.15, 0.2) is 0 Å². The highest BCUT2D eigenvalue weighted by Crippen LogP contribution is 2.38. The molecule has 1 saturated heterocycles. The van der Waals surface area contributed by atoms with Gasteiger partial charge in [-0.2, -0.15) is 0 Å². The molecule has 1 saturated carbocycles. The van der Waals surface area contributed by atoms with E-state index in [-0.39, 0.29) is 18.1 Å². The Morgan fingerprint density at radius 3 is 2.64 bits per heavy atom. The van der Waals surface area contributed by atoms with Crippen LogP contribution in [0, 0.1) is 0 Å². The number of aromatic nitrogens is 3. The summed E-state index contributed by atoms with van der Waals surface area (Å²) in [7, 11) is 0. The van der Waals surface area contributed by atoms with Gasteiger partial charge in [0.25, 0.3) is 0 Å². The highest BCUT2D eigenvalue weighted by atomic mass is 16.5. The number of hydrogen-bond acceptors (Lipinski definition) is 7. The Morgan fingerprint density at radius 1 is 1.02 bits per heavy atom. The molecule has 0 radical (unpaired) electrons. The minimum atomic E-state index is -0.0877. The summed E-state index contributed by atoms with van der Waals surface area (Å²) in [6, 6.07) is 18.6. The summed E-state index contributed by atoms with van der Waals surface area (Å²) in [5.41, 5.74) is 10.4. The molecule has 4 aromatic rings. The standard InChI is InChI=1S/C32H39N7O3/c33-30-29-28(24-7-4-8-27(19-24)42-21-23-5-2-1-3-6-23)20-39(31(29)36-22-35-30)26-11-9-25(10-12-26)37-32(40)34-13-14-38-15-17-41-18-16-38/h1-8,19-20,22,25-26H,9-18,21H2,(H2,33,35,36)(H2,34,37,40). The van der Waals surface area contributed by atoms with E-state index in [2.05, 4.69) is 54.5 Å². The normalized spacial score (nSPS) is 19.4. The Balaban J connectivity index is 1.10. The number of hydrogen-bond donors (Lipinski definition) is 3. The number of ether oxygens (including phenoxy) is 2. The summed E-state index contributed by atoms with van der Waals surface area (Å²) in [4.78, 5) is 23.8. The van der Waals surface area contributed by atoms with Gasteiger partial charge in [0.2, 0.25) is 0 Å². The topological polar surface area (TPSA) is 120 Å². The molecular formula is C32H39N7O3. The number of amides is 2. The van der Waals surface area contributed by atoms with Gasteiger partial charge in [0.05, 0.1) is 18.6 Å². The number of carbonyl (C=O) groups excluding carboxylic acids is 1. The molecule has 4 N–H and O–H groups in total. The maximum atomic E-state index is 12.5. The van der Waals surface area contributed by atoms with E-state index >= 15 is 0 Å². The number of urea groups is 1. The molecule has 0 unspecified atom stereocenters. The number of morpholine rings is 1. The van der Waals surface area contributed by atoms with Gasteiger partial charge >= 0.3 is 6.03 Å². The summed E-state index contributed by atoms with van der Waals surface area (Å²) in [5, 5.41) is 7.05. The zero-order chi connectivity index (χ0) is 28.7. The van der Waals surface area contributed by atoms with Gasteiger partial charge in [-0.05, 0) is 48.9 Å². The lowest BCUT2D eigenvalue weighted by Crippen LogP contribution is -2.47. The van der Waals surface area contributed by atoms with Crippen LogP contribution in [-0.2, 0) is 11.3 Å². The van der Waals surface area contributed by atoms with E-state index in [0.717, 1.165) is 92.0 Å².